The molecular weight excluding hydrogens is 230 g/mol. The first-order valence-corrected chi connectivity index (χ1v) is 6.42. The molecule has 5 heteroatoms. The van der Waals surface area contributed by atoms with Crippen LogP contribution >= 0.6 is 23.5 Å². The molecule has 1 aliphatic rings. The summed E-state index contributed by atoms with van der Waals surface area (Å²) in [6.07, 6.45) is 3.50. The van der Waals surface area contributed by atoms with E-state index in [4.69, 9.17) is 5.11 Å². The van der Waals surface area contributed by atoms with Crippen molar-refractivity contribution in [2.75, 3.05) is 5.75 Å². The number of pyridine rings is 1. The van der Waals surface area contributed by atoms with Crippen molar-refractivity contribution in [1.82, 2.24) is 4.98 Å². The number of hydrogen-bond donors (Lipinski definition) is 1. The molecule has 0 aliphatic carbocycles. The number of carboxylic acid groups (broad SMARTS) is 1. The Kier molecular flexibility index (Phi) is 3.33. The van der Waals surface area contributed by atoms with E-state index in [0.29, 0.717) is 0 Å². The molecule has 15 heavy (non-hydrogen) atoms. The van der Waals surface area contributed by atoms with Crippen molar-refractivity contribution in [3.63, 3.8) is 0 Å². The van der Waals surface area contributed by atoms with Crippen molar-refractivity contribution < 1.29 is 9.90 Å². The largest absolute Gasteiger partial charge is 0.478 e. The summed E-state index contributed by atoms with van der Waals surface area (Å²) in [5, 5.41) is 10.8. The first-order valence-electron chi connectivity index (χ1n) is 4.39. The zero-order valence-corrected chi connectivity index (χ0v) is 9.48. The monoisotopic (exact) mass is 239 g/mol. The Hall–Kier alpha value is -0.940. The van der Waals surface area contributed by atoms with E-state index in [2.05, 4.69) is 11.1 Å². The molecule has 0 amide bonds. The summed E-state index contributed by atoms with van der Waals surface area (Å²) in [6, 6.07) is 1.69. The van der Waals surface area contributed by atoms with Crippen molar-refractivity contribution in [2.45, 2.75) is 10.6 Å². The number of thioether (sulfide) groups is 2. The van der Waals surface area contributed by atoms with E-state index < -0.39 is 5.97 Å². The van der Waals surface area contributed by atoms with Crippen molar-refractivity contribution in [1.29, 1.82) is 0 Å². The molecule has 0 fully saturated rings. The Morgan fingerprint density at radius 1 is 1.53 bits per heavy atom. The van der Waals surface area contributed by atoms with Crippen LogP contribution in [0.15, 0.2) is 28.6 Å². The number of fused-ring (bicyclic) bond motifs is 1. The Morgan fingerprint density at radius 2 is 2.40 bits per heavy atom. The molecule has 1 aliphatic heterocycles. The van der Waals surface area contributed by atoms with Crippen LogP contribution in [0.1, 0.15) is 16.1 Å². The molecule has 0 saturated carbocycles. The smallest absolute Gasteiger partial charge is 0.337 e. The Balaban J connectivity index is 2.37. The summed E-state index contributed by atoms with van der Waals surface area (Å²) in [6.45, 7) is 0. The summed E-state index contributed by atoms with van der Waals surface area (Å²) in [5.74, 6) is 0.895. The fourth-order valence-electron chi connectivity index (χ4n) is 1.18. The van der Waals surface area contributed by atoms with Crippen LogP contribution in [0, 0.1) is 0 Å². The van der Waals surface area contributed by atoms with Gasteiger partial charge in [-0.3, -0.25) is 4.98 Å². The van der Waals surface area contributed by atoms with Crippen LogP contribution in [0.3, 0.4) is 0 Å². The molecule has 0 unspecified atom stereocenters. The van der Waals surface area contributed by atoms with Gasteiger partial charge < -0.3 is 5.11 Å². The van der Waals surface area contributed by atoms with Crippen LogP contribution in [0.4, 0.5) is 0 Å². The maximum atomic E-state index is 10.8. The fourth-order valence-corrected chi connectivity index (χ4v) is 2.97. The van der Waals surface area contributed by atoms with Crippen LogP contribution < -0.4 is 0 Å². The van der Waals surface area contributed by atoms with Crippen LogP contribution in [0.5, 0.6) is 0 Å². The molecule has 1 N–H and O–H groups in total. The van der Waals surface area contributed by atoms with Gasteiger partial charge in [-0.05, 0) is 11.5 Å². The number of carboxylic acids is 1. The molecule has 0 radical (unpaired) electrons. The predicted octanol–water partition coefficient (Wildman–Crippen LogP) is 2.63. The minimum atomic E-state index is -0.926. The van der Waals surface area contributed by atoms with Crippen LogP contribution in [-0.4, -0.2) is 21.8 Å². The number of hydrogen-bond acceptors (Lipinski definition) is 4. The van der Waals surface area contributed by atoms with Crippen molar-refractivity contribution in [3.8, 4) is 0 Å². The third kappa shape index (κ3) is 2.54. The molecule has 0 aromatic carbocycles. The fraction of sp³-hybridized carbons (Fsp3) is 0.200. The molecule has 78 valence electrons. The van der Waals surface area contributed by atoms with Gasteiger partial charge >= 0.3 is 5.97 Å². The maximum absolute atomic E-state index is 10.8. The molecule has 3 nitrogen and oxygen atoms in total. The van der Waals surface area contributed by atoms with E-state index in [0.717, 1.165) is 22.1 Å². The Morgan fingerprint density at radius 3 is 3.20 bits per heavy atom. The minimum absolute atomic E-state index is 0.250. The predicted molar refractivity (Wildman–Crippen MR) is 62.4 cm³/mol. The van der Waals surface area contributed by atoms with Gasteiger partial charge in [-0.15, -0.1) is 0 Å². The lowest BCUT2D eigenvalue weighted by atomic mass is 10.2. The molecule has 0 atom stereocenters. The summed E-state index contributed by atoms with van der Waals surface area (Å²) >= 11 is 3.31. The molecule has 1 aromatic rings. The highest BCUT2D eigenvalue weighted by atomic mass is 32.2. The molecule has 0 spiro atoms. The van der Waals surface area contributed by atoms with Gasteiger partial charge in [-0.2, -0.15) is 11.8 Å². The highest BCUT2D eigenvalue weighted by molar-refractivity contribution is 8.02. The van der Waals surface area contributed by atoms with Gasteiger partial charge in [0.2, 0.25) is 0 Å². The van der Waals surface area contributed by atoms with E-state index in [1.807, 2.05) is 5.41 Å². The van der Waals surface area contributed by atoms with Gasteiger partial charge in [-0.1, -0.05) is 17.8 Å². The summed E-state index contributed by atoms with van der Waals surface area (Å²) < 4.78 is 0. The summed E-state index contributed by atoms with van der Waals surface area (Å²) in [7, 11) is 0. The van der Waals surface area contributed by atoms with Crippen LogP contribution in [-0.2, 0) is 5.75 Å². The van der Waals surface area contributed by atoms with Gasteiger partial charge in [0.05, 0.1) is 11.3 Å². The second-order valence-electron chi connectivity index (χ2n) is 2.98. The van der Waals surface area contributed by atoms with Gasteiger partial charge in [0.15, 0.2) is 0 Å². The van der Waals surface area contributed by atoms with Crippen molar-refractivity contribution in [3.05, 3.63) is 35.0 Å². The highest BCUT2D eigenvalue weighted by Crippen LogP contribution is 2.28. The second-order valence-corrected chi connectivity index (χ2v) is 4.96. The molecule has 0 bridgehead atoms. The SMILES string of the molecule is O=C(O)c1cnc2c(c1)SC=CCSC2. The number of aromatic nitrogens is 1. The quantitative estimate of drug-likeness (QED) is 0.816. The lowest BCUT2D eigenvalue weighted by molar-refractivity contribution is 0.0696. The van der Waals surface area contributed by atoms with E-state index in [1.165, 1.54) is 18.0 Å². The summed E-state index contributed by atoms with van der Waals surface area (Å²) in [4.78, 5) is 15.9. The normalized spacial score (nSPS) is 15.2. The van der Waals surface area contributed by atoms with Crippen molar-refractivity contribution in [2.24, 2.45) is 0 Å². The second kappa shape index (κ2) is 4.72. The highest BCUT2D eigenvalue weighted by Gasteiger charge is 2.10. The Labute approximate surface area is 96.0 Å². The number of carbonyl (C=O) groups is 1. The van der Waals surface area contributed by atoms with E-state index in [9.17, 15) is 4.79 Å². The standard InChI is InChI=1S/C10H9NO2S2/c12-10(13)7-4-9-8(11-5-7)6-14-2-1-3-15-9/h1,3-5H,2,6H2,(H,12,13). The number of rotatable bonds is 1. The molecule has 0 saturated heterocycles. The molecule has 2 rings (SSSR count). The minimum Gasteiger partial charge on any atom is -0.478 e. The number of aromatic carboxylic acids is 1. The third-order valence-corrected chi connectivity index (χ3v) is 3.76. The van der Waals surface area contributed by atoms with Gasteiger partial charge in [0.1, 0.15) is 0 Å². The molecule has 2 heterocycles. The lowest BCUT2D eigenvalue weighted by Crippen LogP contribution is -2.01. The summed E-state index contributed by atoms with van der Waals surface area (Å²) in [5.41, 5.74) is 1.22. The first-order chi connectivity index (χ1) is 7.27. The van der Waals surface area contributed by atoms with E-state index >= 15 is 0 Å². The van der Waals surface area contributed by atoms with Gasteiger partial charge in [0, 0.05) is 22.6 Å². The zero-order valence-electron chi connectivity index (χ0n) is 7.84. The van der Waals surface area contributed by atoms with Crippen LogP contribution in [0.25, 0.3) is 0 Å². The third-order valence-electron chi connectivity index (χ3n) is 1.92. The average Bonchev–Trinajstić information content (AvgIpc) is 2.18. The Bertz CT molecular complexity index is 418. The van der Waals surface area contributed by atoms with Gasteiger partial charge in [0.25, 0.3) is 0 Å². The van der Waals surface area contributed by atoms with E-state index in [-0.39, 0.29) is 5.56 Å². The molecule has 1 aromatic heterocycles. The number of nitrogens with zero attached hydrogens (tertiary/aromatic N) is 1. The van der Waals surface area contributed by atoms with Gasteiger partial charge in [-0.25, -0.2) is 4.79 Å². The zero-order chi connectivity index (χ0) is 10.7. The maximum Gasteiger partial charge on any atom is 0.337 e. The first kappa shape index (κ1) is 10.6. The van der Waals surface area contributed by atoms with Crippen molar-refractivity contribution >= 4 is 29.5 Å². The molecular formula is C10H9NO2S2. The van der Waals surface area contributed by atoms with Crippen LogP contribution in [0.2, 0.25) is 0 Å². The van der Waals surface area contributed by atoms with E-state index in [1.54, 1.807) is 17.8 Å². The topological polar surface area (TPSA) is 50.2 Å². The average molecular weight is 239 g/mol. The lowest BCUT2D eigenvalue weighted by Gasteiger charge is -2.08.